The van der Waals surface area contributed by atoms with Crippen molar-refractivity contribution in [2.24, 2.45) is 5.18 Å². The largest absolute Gasteiger partial charge is 0.508 e. The van der Waals surface area contributed by atoms with Crippen LogP contribution in [0.5, 0.6) is 5.75 Å². The molecule has 3 rings (SSSR count). The monoisotopic (exact) mass is 328 g/mol. The predicted octanol–water partition coefficient (Wildman–Crippen LogP) is 4.43. The van der Waals surface area contributed by atoms with Gasteiger partial charge in [0.25, 0.3) is 0 Å². The molecule has 2 N–H and O–H groups in total. The molecule has 1 fully saturated rings. The molecule has 2 aliphatic rings. The van der Waals surface area contributed by atoms with E-state index < -0.39 is 0 Å². The minimum Gasteiger partial charge on any atom is -0.508 e. The fourth-order valence-electron chi connectivity index (χ4n) is 3.81. The summed E-state index contributed by atoms with van der Waals surface area (Å²) in [5.41, 5.74) is 2.07. The average Bonchev–Trinajstić information content (AvgIpc) is 2.63. The molecular weight excluding hydrogens is 304 g/mol. The van der Waals surface area contributed by atoms with Crippen LogP contribution in [0.1, 0.15) is 62.8 Å². The minimum absolute atomic E-state index is 0.0995. The maximum absolute atomic E-state index is 12.3. The van der Waals surface area contributed by atoms with Crippen molar-refractivity contribution in [3.63, 3.8) is 0 Å². The number of benzene rings is 1. The number of rotatable bonds is 4. The molecule has 1 aromatic rings. The van der Waals surface area contributed by atoms with E-state index in [4.69, 9.17) is 0 Å². The van der Waals surface area contributed by atoms with E-state index in [0.717, 1.165) is 56.1 Å². The molecule has 1 aromatic carbocycles. The quantitative estimate of drug-likeness (QED) is 0.802. The molecule has 0 aromatic heterocycles. The zero-order valence-corrected chi connectivity index (χ0v) is 13.8. The maximum atomic E-state index is 12.3. The number of phenols is 1. The molecule has 1 amide bonds. The van der Waals surface area contributed by atoms with Gasteiger partial charge in [0.2, 0.25) is 5.91 Å². The van der Waals surface area contributed by atoms with Gasteiger partial charge < -0.3 is 10.4 Å². The summed E-state index contributed by atoms with van der Waals surface area (Å²) < 4.78 is 0. The van der Waals surface area contributed by atoms with Crippen molar-refractivity contribution in [1.29, 1.82) is 0 Å². The van der Waals surface area contributed by atoms with Gasteiger partial charge >= 0.3 is 0 Å². The van der Waals surface area contributed by atoms with Gasteiger partial charge in [0.05, 0.1) is 0 Å². The van der Waals surface area contributed by atoms with E-state index >= 15 is 0 Å². The SMILES string of the molecule is O=Nc1ccc(C2CCC(NC(=O)C3=CCCCC3)CC2)c(O)c1. The zero-order valence-electron chi connectivity index (χ0n) is 13.8. The Morgan fingerprint density at radius 1 is 1.17 bits per heavy atom. The predicted molar refractivity (Wildman–Crippen MR) is 93.3 cm³/mol. The van der Waals surface area contributed by atoms with E-state index in [1.54, 1.807) is 12.1 Å². The van der Waals surface area contributed by atoms with E-state index in [0.29, 0.717) is 0 Å². The van der Waals surface area contributed by atoms with Crippen molar-refractivity contribution < 1.29 is 9.90 Å². The van der Waals surface area contributed by atoms with Crippen LogP contribution in [-0.4, -0.2) is 17.1 Å². The number of hydrogen-bond donors (Lipinski definition) is 2. The van der Waals surface area contributed by atoms with E-state index in [9.17, 15) is 14.8 Å². The van der Waals surface area contributed by atoms with Crippen LogP contribution in [0.15, 0.2) is 35.0 Å². The summed E-state index contributed by atoms with van der Waals surface area (Å²) in [6.45, 7) is 0. The third-order valence-electron chi connectivity index (χ3n) is 5.20. The highest BCUT2D eigenvalue weighted by Crippen LogP contribution is 2.38. The number of amides is 1. The Morgan fingerprint density at radius 3 is 2.58 bits per heavy atom. The van der Waals surface area contributed by atoms with Crippen molar-refractivity contribution >= 4 is 11.6 Å². The minimum atomic E-state index is 0.0995. The Kier molecular flexibility index (Phi) is 5.28. The molecule has 0 saturated heterocycles. The summed E-state index contributed by atoms with van der Waals surface area (Å²) in [5, 5.41) is 16.1. The van der Waals surface area contributed by atoms with Gasteiger partial charge in [0.1, 0.15) is 11.4 Å². The topological polar surface area (TPSA) is 78.8 Å². The molecule has 128 valence electrons. The van der Waals surface area contributed by atoms with E-state index in [-0.39, 0.29) is 29.3 Å². The first-order valence-corrected chi connectivity index (χ1v) is 8.83. The molecular formula is C19H24N2O3. The first-order valence-electron chi connectivity index (χ1n) is 8.83. The van der Waals surface area contributed by atoms with Gasteiger partial charge in [-0.05, 0) is 74.1 Å². The number of carbonyl (C=O) groups is 1. The third kappa shape index (κ3) is 3.83. The van der Waals surface area contributed by atoms with Gasteiger partial charge in [-0.25, -0.2) is 0 Å². The van der Waals surface area contributed by atoms with Crippen LogP contribution in [0.4, 0.5) is 5.69 Å². The molecule has 1 saturated carbocycles. The van der Waals surface area contributed by atoms with Gasteiger partial charge in [-0.1, -0.05) is 12.1 Å². The molecule has 5 heteroatoms. The van der Waals surface area contributed by atoms with Crippen LogP contribution < -0.4 is 5.32 Å². The molecule has 0 atom stereocenters. The van der Waals surface area contributed by atoms with Crippen LogP contribution in [-0.2, 0) is 4.79 Å². The number of aromatic hydroxyl groups is 1. The van der Waals surface area contributed by atoms with Gasteiger partial charge in [-0.15, -0.1) is 4.91 Å². The first-order chi connectivity index (χ1) is 11.7. The molecule has 0 spiro atoms. The highest BCUT2D eigenvalue weighted by Gasteiger charge is 2.26. The number of hydrogen-bond acceptors (Lipinski definition) is 4. The third-order valence-corrected chi connectivity index (χ3v) is 5.20. The second kappa shape index (κ2) is 7.60. The molecule has 0 bridgehead atoms. The number of nitrogens with zero attached hydrogens (tertiary/aromatic N) is 1. The second-order valence-corrected chi connectivity index (χ2v) is 6.83. The zero-order chi connectivity index (χ0) is 16.9. The van der Waals surface area contributed by atoms with E-state index in [1.165, 1.54) is 12.5 Å². The molecule has 24 heavy (non-hydrogen) atoms. The second-order valence-electron chi connectivity index (χ2n) is 6.83. The van der Waals surface area contributed by atoms with Crippen LogP contribution in [0.25, 0.3) is 0 Å². The van der Waals surface area contributed by atoms with Crippen LogP contribution in [0.2, 0.25) is 0 Å². The Morgan fingerprint density at radius 2 is 1.96 bits per heavy atom. The highest BCUT2D eigenvalue weighted by atomic mass is 16.3. The fraction of sp³-hybridized carbons (Fsp3) is 0.526. The van der Waals surface area contributed by atoms with Gasteiger partial charge in [-0.2, -0.15) is 0 Å². The number of nitrogens with one attached hydrogen (secondary N) is 1. The first kappa shape index (κ1) is 16.7. The van der Waals surface area contributed by atoms with E-state index in [1.807, 2.05) is 0 Å². The van der Waals surface area contributed by atoms with Crippen LogP contribution >= 0.6 is 0 Å². The molecule has 0 unspecified atom stereocenters. The smallest absolute Gasteiger partial charge is 0.247 e. The average molecular weight is 328 g/mol. The van der Waals surface area contributed by atoms with Crippen molar-refractivity contribution in [2.45, 2.75) is 63.3 Å². The molecule has 5 nitrogen and oxygen atoms in total. The van der Waals surface area contributed by atoms with Crippen molar-refractivity contribution in [3.8, 4) is 5.75 Å². The molecule has 0 radical (unpaired) electrons. The lowest BCUT2D eigenvalue weighted by molar-refractivity contribution is -0.118. The highest BCUT2D eigenvalue weighted by molar-refractivity contribution is 5.93. The fourth-order valence-corrected chi connectivity index (χ4v) is 3.81. The van der Waals surface area contributed by atoms with Crippen LogP contribution in [0.3, 0.4) is 0 Å². The Bertz CT molecular complexity index is 646. The summed E-state index contributed by atoms with van der Waals surface area (Å²) in [6.07, 6.45) is 9.95. The van der Waals surface area contributed by atoms with Gasteiger partial charge in [0, 0.05) is 17.7 Å². The normalized spacial score (nSPS) is 24.1. The number of nitroso groups, excluding NO2 is 1. The summed E-state index contributed by atoms with van der Waals surface area (Å²) in [4.78, 5) is 22.8. The van der Waals surface area contributed by atoms with Gasteiger partial charge in [-0.3, -0.25) is 4.79 Å². The number of phenolic OH excluding ortho intramolecular Hbond substituents is 1. The summed E-state index contributed by atoms with van der Waals surface area (Å²) in [7, 11) is 0. The van der Waals surface area contributed by atoms with Crippen molar-refractivity contribution in [1.82, 2.24) is 5.32 Å². The lowest BCUT2D eigenvalue weighted by Gasteiger charge is -2.30. The molecule has 0 aliphatic heterocycles. The summed E-state index contributed by atoms with van der Waals surface area (Å²) >= 11 is 0. The Balaban J connectivity index is 1.55. The lowest BCUT2D eigenvalue weighted by Crippen LogP contribution is -2.38. The Hall–Kier alpha value is -2.17. The van der Waals surface area contributed by atoms with Crippen molar-refractivity contribution in [2.75, 3.05) is 0 Å². The van der Waals surface area contributed by atoms with Gasteiger partial charge in [0.15, 0.2) is 0 Å². The lowest BCUT2D eigenvalue weighted by atomic mass is 9.81. The standard InChI is InChI=1S/C19H24N2O3/c22-18-12-16(21-24)10-11-17(18)13-6-8-15(9-7-13)20-19(23)14-4-2-1-3-5-14/h4,10-13,15,22H,1-3,5-9H2,(H,20,23). The number of carbonyl (C=O) groups excluding carboxylic acids is 1. The summed E-state index contributed by atoms with van der Waals surface area (Å²) in [6, 6.07) is 5.08. The van der Waals surface area contributed by atoms with E-state index in [2.05, 4.69) is 16.6 Å². The maximum Gasteiger partial charge on any atom is 0.247 e. The summed E-state index contributed by atoms with van der Waals surface area (Å²) in [5.74, 6) is 0.516. The van der Waals surface area contributed by atoms with Crippen molar-refractivity contribution in [3.05, 3.63) is 40.3 Å². The molecule has 0 heterocycles. The molecule has 2 aliphatic carbocycles. The Labute approximate surface area is 142 Å². The van der Waals surface area contributed by atoms with Crippen LogP contribution in [0, 0.1) is 4.91 Å². The number of allylic oxidation sites excluding steroid dienone is 1.